The van der Waals surface area contributed by atoms with E-state index in [1.807, 2.05) is 35.7 Å². The van der Waals surface area contributed by atoms with Crippen molar-refractivity contribution < 1.29 is 13.2 Å². The van der Waals surface area contributed by atoms with Crippen molar-refractivity contribution >= 4 is 23.1 Å². The highest BCUT2D eigenvalue weighted by Gasteiger charge is 2.34. The zero-order chi connectivity index (χ0) is 22.1. The van der Waals surface area contributed by atoms with Crippen molar-refractivity contribution in [3.63, 3.8) is 0 Å². The summed E-state index contributed by atoms with van der Waals surface area (Å²) in [4.78, 5) is 12.4. The Morgan fingerprint density at radius 1 is 0.875 bits per heavy atom. The number of nitrogens with one attached hydrogen (secondary N) is 1. The van der Waals surface area contributed by atoms with E-state index in [4.69, 9.17) is 0 Å². The van der Waals surface area contributed by atoms with Crippen LogP contribution in [0, 0.1) is 0 Å². The highest BCUT2D eigenvalue weighted by Crippen LogP contribution is 2.31. The SMILES string of the molecule is FC(F)(F)c1cc(-c2ccccc2)n2nc(NCc3csc(-c4ccccc4)n3)nc2n1. The summed E-state index contributed by atoms with van der Waals surface area (Å²) in [7, 11) is 0. The molecule has 0 amide bonds. The number of hydrogen-bond acceptors (Lipinski definition) is 6. The van der Waals surface area contributed by atoms with Gasteiger partial charge < -0.3 is 5.32 Å². The van der Waals surface area contributed by atoms with E-state index in [1.54, 1.807) is 30.3 Å². The summed E-state index contributed by atoms with van der Waals surface area (Å²) in [6, 6.07) is 19.5. The molecule has 0 aliphatic rings. The monoisotopic (exact) mass is 452 g/mol. The summed E-state index contributed by atoms with van der Waals surface area (Å²) < 4.78 is 41.5. The highest BCUT2D eigenvalue weighted by atomic mass is 32.1. The summed E-state index contributed by atoms with van der Waals surface area (Å²) in [6.07, 6.45) is -4.60. The Balaban J connectivity index is 1.45. The fourth-order valence-electron chi connectivity index (χ4n) is 3.17. The average Bonchev–Trinajstić information content (AvgIpc) is 3.44. The second-order valence-corrected chi connectivity index (χ2v) is 7.76. The molecule has 0 saturated carbocycles. The third-order valence-electron chi connectivity index (χ3n) is 4.67. The van der Waals surface area contributed by atoms with Crippen LogP contribution in [-0.4, -0.2) is 24.6 Å². The van der Waals surface area contributed by atoms with Crippen LogP contribution in [0.2, 0.25) is 0 Å². The van der Waals surface area contributed by atoms with Gasteiger partial charge in [-0.25, -0.2) is 9.97 Å². The first-order valence-electron chi connectivity index (χ1n) is 9.61. The van der Waals surface area contributed by atoms with Gasteiger partial charge in [0, 0.05) is 16.5 Å². The van der Waals surface area contributed by atoms with Gasteiger partial charge in [0.15, 0.2) is 5.69 Å². The third-order valence-corrected chi connectivity index (χ3v) is 5.61. The van der Waals surface area contributed by atoms with Crippen LogP contribution in [0.3, 0.4) is 0 Å². The number of anilines is 1. The van der Waals surface area contributed by atoms with Gasteiger partial charge in [0.2, 0.25) is 5.95 Å². The molecule has 0 aliphatic heterocycles. The number of aromatic nitrogens is 5. The predicted molar refractivity (Wildman–Crippen MR) is 116 cm³/mol. The molecule has 2 aromatic carbocycles. The van der Waals surface area contributed by atoms with Crippen molar-refractivity contribution in [2.24, 2.45) is 0 Å². The Labute approximate surface area is 184 Å². The highest BCUT2D eigenvalue weighted by molar-refractivity contribution is 7.13. The molecule has 5 aromatic rings. The van der Waals surface area contributed by atoms with Crippen molar-refractivity contribution in [1.29, 1.82) is 0 Å². The summed E-state index contributed by atoms with van der Waals surface area (Å²) in [6.45, 7) is 0.326. The number of rotatable bonds is 5. The van der Waals surface area contributed by atoms with Gasteiger partial charge in [-0.3, -0.25) is 0 Å². The molecule has 10 heteroatoms. The Kier molecular flexibility index (Phi) is 5.06. The Bertz CT molecular complexity index is 1360. The van der Waals surface area contributed by atoms with Gasteiger partial charge in [0.05, 0.1) is 17.9 Å². The van der Waals surface area contributed by atoms with E-state index in [2.05, 4.69) is 25.4 Å². The maximum Gasteiger partial charge on any atom is 0.433 e. The number of benzene rings is 2. The van der Waals surface area contributed by atoms with E-state index in [-0.39, 0.29) is 17.4 Å². The largest absolute Gasteiger partial charge is 0.433 e. The second-order valence-electron chi connectivity index (χ2n) is 6.90. The summed E-state index contributed by atoms with van der Waals surface area (Å²) in [5.74, 6) is 0.0349. The molecule has 0 spiro atoms. The fourth-order valence-corrected chi connectivity index (χ4v) is 4.00. The van der Waals surface area contributed by atoms with Crippen molar-refractivity contribution in [3.05, 3.63) is 83.5 Å². The Morgan fingerprint density at radius 3 is 2.25 bits per heavy atom. The summed E-state index contributed by atoms with van der Waals surface area (Å²) in [5, 5.41) is 10.2. The molecule has 1 N–H and O–H groups in total. The standard InChI is InChI=1S/C22H15F3N6S/c23-22(24,25)18-11-17(14-7-3-1-4-8-14)31-21(28-18)29-20(30-31)26-12-16-13-32-19(27-16)15-9-5-2-6-10-15/h1-11,13H,12H2,(H,26,30). The molecule has 6 nitrogen and oxygen atoms in total. The van der Waals surface area contributed by atoms with Crippen LogP contribution in [0.1, 0.15) is 11.4 Å². The molecular formula is C22H15F3N6S. The lowest BCUT2D eigenvalue weighted by Gasteiger charge is -2.09. The Morgan fingerprint density at radius 2 is 1.56 bits per heavy atom. The lowest BCUT2D eigenvalue weighted by molar-refractivity contribution is -0.141. The van der Waals surface area contributed by atoms with Crippen LogP contribution in [0.5, 0.6) is 0 Å². The van der Waals surface area contributed by atoms with Crippen LogP contribution < -0.4 is 5.32 Å². The number of alkyl halides is 3. The number of nitrogens with zero attached hydrogens (tertiary/aromatic N) is 5. The molecule has 0 radical (unpaired) electrons. The molecule has 0 bridgehead atoms. The lowest BCUT2D eigenvalue weighted by atomic mass is 10.1. The number of hydrogen-bond donors (Lipinski definition) is 1. The fraction of sp³-hybridized carbons (Fsp3) is 0.0909. The van der Waals surface area contributed by atoms with Crippen LogP contribution in [0.4, 0.5) is 19.1 Å². The van der Waals surface area contributed by atoms with Gasteiger partial charge in [-0.15, -0.1) is 16.4 Å². The molecule has 0 unspecified atom stereocenters. The molecule has 160 valence electrons. The maximum absolute atomic E-state index is 13.4. The van der Waals surface area contributed by atoms with E-state index >= 15 is 0 Å². The minimum Gasteiger partial charge on any atom is -0.347 e. The van der Waals surface area contributed by atoms with Gasteiger partial charge in [-0.05, 0) is 6.07 Å². The van der Waals surface area contributed by atoms with E-state index in [1.165, 1.54) is 15.9 Å². The molecule has 3 aromatic heterocycles. The first kappa shape index (κ1) is 20.1. The lowest BCUT2D eigenvalue weighted by Crippen LogP contribution is -2.11. The van der Waals surface area contributed by atoms with Crippen molar-refractivity contribution in [2.75, 3.05) is 5.32 Å². The first-order chi connectivity index (χ1) is 15.5. The second kappa shape index (κ2) is 8.04. The number of thiazole rings is 1. The smallest absolute Gasteiger partial charge is 0.347 e. The Hall–Kier alpha value is -3.79. The van der Waals surface area contributed by atoms with Crippen molar-refractivity contribution in [1.82, 2.24) is 24.6 Å². The zero-order valence-electron chi connectivity index (χ0n) is 16.4. The van der Waals surface area contributed by atoms with Gasteiger partial charge in [-0.2, -0.15) is 22.7 Å². The molecule has 3 heterocycles. The predicted octanol–water partition coefficient (Wildman–Crippen LogP) is 5.55. The van der Waals surface area contributed by atoms with E-state index in [0.29, 0.717) is 12.1 Å². The number of fused-ring (bicyclic) bond motifs is 1. The molecule has 0 fully saturated rings. The van der Waals surface area contributed by atoms with Crippen LogP contribution in [-0.2, 0) is 12.7 Å². The number of halogens is 3. The van der Waals surface area contributed by atoms with Crippen molar-refractivity contribution in [3.8, 4) is 21.8 Å². The van der Waals surface area contributed by atoms with Crippen molar-refractivity contribution in [2.45, 2.75) is 12.7 Å². The van der Waals surface area contributed by atoms with Gasteiger partial charge in [0.25, 0.3) is 5.78 Å². The molecule has 32 heavy (non-hydrogen) atoms. The van der Waals surface area contributed by atoms with Crippen LogP contribution in [0.15, 0.2) is 72.1 Å². The van der Waals surface area contributed by atoms with Gasteiger partial charge in [-0.1, -0.05) is 60.7 Å². The van der Waals surface area contributed by atoms with Crippen LogP contribution in [0.25, 0.3) is 27.6 Å². The minimum atomic E-state index is -4.60. The van der Waals surface area contributed by atoms with Gasteiger partial charge in [0.1, 0.15) is 5.01 Å². The molecule has 0 aliphatic carbocycles. The van der Waals surface area contributed by atoms with E-state index in [9.17, 15) is 13.2 Å². The molecule has 0 saturated heterocycles. The van der Waals surface area contributed by atoms with E-state index < -0.39 is 11.9 Å². The third kappa shape index (κ3) is 4.04. The van der Waals surface area contributed by atoms with Gasteiger partial charge >= 0.3 is 6.18 Å². The zero-order valence-corrected chi connectivity index (χ0v) is 17.2. The first-order valence-corrected chi connectivity index (χ1v) is 10.5. The summed E-state index contributed by atoms with van der Waals surface area (Å²) >= 11 is 1.51. The quantitative estimate of drug-likeness (QED) is 0.379. The maximum atomic E-state index is 13.4. The van der Waals surface area contributed by atoms with Crippen LogP contribution >= 0.6 is 11.3 Å². The molecule has 5 rings (SSSR count). The molecular weight excluding hydrogens is 437 g/mol. The molecule has 0 atom stereocenters. The topological polar surface area (TPSA) is 68.0 Å². The minimum absolute atomic E-state index is 0.135. The average molecular weight is 452 g/mol. The normalized spacial score (nSPS) is 11.7. The summed E-state index contributed by atoms with van der Waals surface area (Å²) in [5.41, 5.74) is 1.61. The van der Waals surface area contributed by atoms with E-state index in [0.717, 1.165) is 22.3 Å².